The van der Waals surface area contributed by atoms with Crippen molar-refractivity contribution in [2.75, 3.05) is 11.5 Å². The number of amides is 1. The molecule has 0 aromatic heterocycles. The maximum atomic E-state index is 12.1. The third-order valence-corrected chi connectivity index (χ3v) is 3.33. The SMILES string of the molecule is O=C(O)c1ccc2c(c1)OCC(=O)N2Cc1ccccc1. The quantitative estimate of drug-likeness (QED) is 0.938. The number of hydrogen-bond acceptors (Lipinski definition) is 3. The first-order chi connectivity index (χ1) is 10.1. The van der Waals surface area contributed by atoms with Gasteiger partial charge >= 0.3 is 5.97 Å². The molecule has 106 valence electrons. The summed E-state index contributed by atoms with van der Waals surface area (Å²) in [6.45, 7) is 0.353. The van der Waals surface area contributed by atoms with Crippen LogP contribution in [0.25, 0.3) is 0 Å². The Kier molecular flexibility index (Phi) is 3.31. The number of fused-ring (bicyclic) bond motifs is 1. The van der Waals surface area contributed by atoms with Gasteiger partial charge < -0.3 is 14.7 Å². The number of rotatable bonds is 3. The first kappa shape index (κ1) is 13.2. The van der Waals surface area contributed by atoms with E-state index in [1.54, 1.807) is 11.0 Å². The van der Waals surface area contributed by atoms with Crippen molar-refractivity contribution in [1.82, 2.24) is 0 Å². The molecule has 2 aromatic carbocycles. The molecule has 1 N–H and O–H groups in total. The third kappa shape index (κ3) is 2.58. The van der Waals surface area contributed by atoms with E-state index in [1.165, 1.54) is 12.1 Å². The van der Waals surface area contributed by atoms with Crippen LogP contribution in [0.4, 0.5) is 5.69 Å². The fourth-order valence-corrected chi connectivity index (χ4v) is 2.28. The van der Waals surface area contributed by atoms with Crippen molar-refractivity contribution in [2.45, 2.75) is 6.54 Å². The van der Waals surface area contributed by atoms with E-state index in [0.29, 0.717) is 18.0 Å². The van der Waals surface area contributed by atoms with Gasteiger partial charge in [0.2, 0.25) is 0 Å². The molecule has 5 nitrogen and oxygen atoms in total. The van der Waals surface area contributed by atoms with Gasteiger partial charge in [0.15, 0.2) is 6.61 Å². The monoisotopic (exact) mass is 283 g/mol. The maximum Gasteiger partial charge on any atom is 0.335 e. The number of carboxylic acids is 1. The number of nitrogens with zero attached hydrogens (tertiary/aromatic N) is 1. The molecule has 1 amide bonds. The van der Waals surface area contributed by atoms with Crippen molar-refractivity contribution >= 4 is 17.6 Å². The molecule has 3 rings (SSSR count). The molecule has 2 aromatic rings. The minimum absolute atomic E-state index is 0.0805. The van der Waals surface area contributed by atoms with Crippen molar-refractivity contribution < 1.29 is 19.4 Å². The van der Waals surface area contributed by atoms with Crippen LogP contribution in [0.15, 0.2) is 48.5 Å². The van der Waals surface area contributed by atoms with Crippen molar-refractivity contribution in [2.24, 2.45) is 0 Å². The second-order valence-corrected chi connectivity index (χ2v) is 4.74. The van der Waals surface area contributed by atoms with E-state index in [-0.39, 0.29) is 18.1 Å². The van der Waals surface area contributed by atoms with Crippen molar-refractivity contribution in [1.29, 1.82) is 0 Å². The Morgan fingerprint density at radius 1 is 1.19 bits per heavy atom. The van der Waals surface area contributed by atoms with Gasteiger partial charge in [0.05, 0.1) is 17.8 Å². The summed E-state index contributed by atoms with van der Waals surface area (Å²) in [6.07, 6.45) is 0. The predicted octanol–water partition coefficient (Wildman–Crippen LogP) is 2.31. The molecular formula is C16H13NO4. The van der Waals surface area contributed by atoms with Gasteiger partial charge in [0, 0.05) is 0 Å². The zero-order valence-corrected chi connectivity index (χ0v) is 11.2. The molecule has 21 heavy (non-hydrogen) atoms. The van der Waals surface area contributed by atoms with E-state index in [4.69, 9.17) is 9.84 Å². The van der Waals surface area contributed by atoms with Crippen LogP contribution in [0.1, 0.15) is 15.9 Å². The minimum Gasteiger partial charge on any atom is -0.482 e. The maximum absolute atomic E-state index is 12.1. The van der Waals surface area contributed by atoms with Crippen LogP contribution in [-0.4, -0.2) is 23.6 Å². The number of benzene rings is 2. The number of carboxylic acid groups (broad SMARTS) is 1. The molecule has 1 heterocycles. The number of ether oxygens (including phenoxy) is 1. The first-order valence-corrected chi connectivity index (χ1v) is 6.49. The molecule has 0 saturated carbocycles. The van der Waals surface area contributed by atoms with E-state index in [1.807, 2.05) is 30.3 Å². The largest absolute Gasteiger partial charge is 0.482 e. The van der Waals surface area contributed by atoms with Gasteiger partial charge in [-0.1, -0.05) is 30.3 Å². The molecule has 1 aliphatic heterocycles. The van der Waals surface area contributed by atoms with Gasteiger partial charge in [-0.2, -0.15) is 0 Å². The Morgan fingerprint density at radius 2 is 1.95 bits per heavy atom. The molecule has 0 radical (unpaired) electrons. The van der Waals surface area contributed by atoms with E-state index < -0.39 is 5.97 Å². The highest BCUT2D eigenvalue weighted by Crippen LogP contribution is 2.33. The minimum atomic E-state index is -1.02. The van der Waals surface area contributed by atoms with Crippen LogP contribution in [0.3, 0.4) is 0 Å². The van der Waals surface area contributed by atoms with E-state index >= 15 is 0 Å². The van der Waals surface area contributed by atoms with Gasteiger partial charge in [-0.3, -0.25) is 4.79 Å². The summed E-state index contributed by atoms with van der Waals surface area (Å²) in [7, 11) is 0. The topological polar surface area (TPSA) is 66.8 Å². The summed E-state index contributed by atoms with van der Waals surface area (Å²) in [6, 6.07) is 14.1. The van der Waals surface area contributed by atoms with E-state index in [0.717, 1.165) is 5.56 Å². The zero-order chi connectivity index (χ0) is 14.8. The Morgan fingerprint density at radius 3 is 2.67 bits per heavy atom. The van der Waals surface area contributed by atoms with Crippen molar-refractivity contribution in [3.05, 3.63) is 59.7 Å². The summed E-state index contributed by atoms with van der Waals surface area (Å²) in [4.78, 5) is 24.7. The second kappa shape index (κ2) is 5.28. The lowest BCUT2D eigenvalue weighted by Gasteiger charge is -2.29. The van der Waals surface area contributed by atoms with Gasteiger partial charge in [-0.05, 0) is 23.8 Å². The Hall–Kier alpha value is -2.82. The third-order valence-electron chi connectivity index (χ3n) is 3.33. The average molecular weight is 283 g/mol. The van der Waals surface area contributed by atoms with Crippen molar-refractivity contribution in [3.8, 4) is 5.75 Å². The summed E-state index contributed by atoms with van der Waals surface area (Å²) in [5, 5.41) is 9.00. The molecule has 0 aliphatic carbocycles. The van der Waals surface area contributed by atoms with Crippen molar-refractivity contribution in [3.63, 3.8) is 0 Å². The average Bonchev–Trinajstić information content (AvgIpc) is 2.50. The summed E-state index contributed by atoms with van der Waals surface area (Å²) >= 11 is 0. The standard InChI is InChI=1S/C16H13NO4/c18-15-10-21-14-8-12(16(19)20)6-7-13(14)17(15)9-11-4-2-1-3-5-11/h1-8H,9-10H2,(H,19,20). The van der Waals surface area contributed by atoms with E-state index in [2.05, 4.69) is 0 Å². The predicted molar refractivity (Wildman–Crippen MR) is 76.5 cm³/mol. The fourth-order valence-electron chi connectivity index (χ4n) is 2.28. The number of carbonyl (C=O) groups is 2. The molecule has 0 spiro atoms. The highest BCUT2D eigenvalue weighted by Gasteiger charge is 2.26. The van der Waals surface area contributed by atoms with Crippen LogP contribution in [-0.2, 0) is 11.3 Å². The smallest absolute Gasteiger partial charge is 0.335 e. The van der Waals surface area contributed by atoms with Crippen LogP contribution in [0.5, 0.6) is 5.75 Å². The lowest BCUT2D eigenvalue weighted by molar-refractivity contribution is -0.121. The molecule has 1 aliphatic rings. The lowest BCUT2D eigenvalue weighted by Crippen LogP contribution is -2.38. The Balaban J connectivity index is 1.95. The van der Waals surface area contributed by atoms with Gasteiger partial charge in [-0.15, -0.1) is 0 Å². The summed E-state index contributed by atoms with van der Waals surface area (Å²) in [5.41, 5.74) is 1.74. The molecular weight excluding hydrogens is 270 g/mol. The molecule has 0 bridgehead atoms. The number of aromatic carboxylic acids is 1. The molecule has 5 heteroatoms. The van der Waals surface area contributed by atoms with Gasteiger partial charge in [0.1, 0.15) is 5.75 Å². The zero-order valence-electron chi connectivity index (χ0n) is 11.2. The van der Waals surface area contributed by atoms with E-state index in [9.17, 15) is 9.59 Å². The molecule has 0 unspecified atom stereocenters. The highest BCUT2D eigenvalue weighted by atomic mass is 16.5. The fraction of sp³-hybridized carbons (Fsp3) is 0.125. The Bertz CT molecular complexity index is 697. The lowest BCUT2D eigenvalue weighted by atomic mass is 10.1. The molecule has 0 atom stereocenters. The first-order valence-electron chi connectivity index (χ1n) is 6.49. The number of anilines is 1. The van der Waals surface area contributed by atoms with Gasteiger partial charge in [-0.25, -0.2) is 4.79 Å². The van der Waals surface area contributed by atoms with Crippen LogP contribution < -0.4 is 9.64 Å². The Labute approximate surface area is 121 Å². The summed E-state index contributed by atoms with van der Waals surface area (Å²) < 4.78 is 5.34. The molecule has 0 fully saturated rings. The molecule has 0 saturated heterocycles. The highest BCUT2D eigenvalue weighted by molar-refractivity contribution is 5.99. The number of hydrogen-bond donors (Lipinski definition) is 1. The number of carbonyl (C=O) groups excluding carboxylic acids is 1. The normalized spacial score (nSPS) is 13.5. The van der Waals surface area contributed by atoms with Gasteiger partial charge in [0.25, 0.3) is 5.91 Å². The van der Waals surface area contributed by atoms with Crippen LogP contribution in [0.2, 0.25) is 0 Å². The van der Waals surface area contributed by atoms with Crippen LogP contribution >= 0.6 is 0 Å². The summed E-state index contributed by atoms with van der Waals surface area (Å²) in [5.74, 6) is -0.743. The van der Waals surface area contributed by atoms with Crippen LogP contribution in [0, 0.1) is 0 Å². The second-order valence-electron chi connectivity index (χ2n) is 4.74.